The van der Waals surface area contributed by atoms with Gasteiger partial charge in [0.2, 0.25) is 0 Å². The molecule has 1 aromatic carbocycles. The van der Waals surface area contributed by atoms with Crippen molar-refractivity contribution in [3.05, 3.63) is 35.9 Å². The van der Waals surface area contributed by atoms with Crippen molar-refractivity contribution < 1.29 is 0 Å². The Labute approximate surface area is 117 Å². The zero-order chi connectivity index (χ0) is 12.9. The molecule has 0 spiro atoms. The van der Waals surface area contributed by atoms with Gasteiger partial charge in [-0.25, -0.2) is 0 Å². The number of hydrogen-bond donors (Lipinski definition) is 1. The zero-order valence-electron chi connectivity index (χ0n) is 11.9. The number of nitrogens with zero attached hydrogens (tertiary/aromatic N) is 1. The van der Waals surface area contributed by atoms with Crippen LogP contribution in [0.3, 0.4) is 0 Å². The largest absolute Gasteiger partial charge is 0.314 e. The van der Waals surface area contributed by atoms with Crippen molar-refractivity contribution in [3.63, 3.8) is 0 Å². The van der Waals surface area contributed by atoms with Crippen LogP contribution in [-0.2, 0) is 6.54 Å². The maximum atomic E-state index is 3.78. The van der Waals surface area contributed by atoms with Crippen molar-refractivity contribution in [1.82, 2.24) is 10.2 Å². The first-order chi connectivity index (χ1) is 9.40. The summed E-state index contributed by atoms with van der Waals surface area (Å²) in [6.07, 6.45) is 7.04. The third-order valence-electron chi connectivity index (χ3n) is 4.67. The SMILES string of the molecule is c1ccc(CN2CCC(CNC3CCCC3)C2)cc1. The Morgan fingerprint density at radius 2 is 1.84 bits per heavy atom. The highest BCUT2D eigenvalue weighted by molar-refractivity contribution is 5.14. The average molecular weight is 258 g/mol. The lowest BCUT2D eigenvalue weighted by atomic mass is 10.1. The molecule has 0 bridgehead atoms. The molecule has 2 heteroatoms. The summed E-state index contributed by atoms with van der Waals surface area (Å²) in [5.74, 6) is 0.865. The van der Waals surface area contributed by atoms with Gasteiger partial charge in [0.25, 0.3) is 0 Å². The van der Waals surface area contributed by atoms with E-state index in [-0.39, 0.29) is 0 Å². The van der Waals surface area contributed by atoms with E-state index in [9.17, 15) is 0 Å². The Bertz CT molecular complexity index is 370. The van der Waals surface area contributed by atoms with E-state index in [2.05, 4.69) is 40.5 Å². The lowest BCUT2D eigenvalue weighted by molar-refractivity contribution is 0.311. The smallest absolute Gasteiger partial charge is 0.0233 e. The van der Waals surface area contributed by atoms with Gasteiger partial charge >= 0.3 is 0 Å². The van der Waals surface area contributed by atoms with Gasteiger partial charge in [-0.05, 0) is 43.8 Å². The Hall–Kier alpha value is -0.860. The van der Waals surface area contributed by atoms with Gasteiger partial charge in [0, 0.05) is 19.1 Å². The van der Waals surface area contributed by atoms with E-state index in [1.54, 1.807) is 0 Å². The first kappa shape index (κ1) is 13.1. The minimum atomic E-state index is 0.822. The highest BCUT2D eigenvalue weighted by Gasteiger charge is 2.23. The predicted octanol–water partition coefficient (Wildman–Crippen LogP) is 3.04. The van der Waals surface area contributed by atoms with Gasteiger partial charge in [0.05, 0.1) is 0 Å². The molecule has 1 unspecified atom stereocenters. The van der Waals surface area contributed by atoms with Gasteiger partial charge in [-0.2, -0.15) is 0 Å². The van der Waals surface area contributed by atoms with E-state index in [1.165, 1.54) is 57.3 Å². The lowest BCUT2D eigenvalue weighted by Gasteiger charge is -2.18. The molecule has 1 saturated carbocycles. The van der Waals surface area contributed by atoms with Crippen molar-refractivity contribution in [3.8, 4) is 0 Å². The minimum Gasteiger partial charge on any atom is -0.314 e. The van der Waals surface area contributed by atoms with Crippen molar-refractivity contribution >= 4 is 0 Å². The van der Waals surface area contributed by atoms with E-state index in [0.29, 0.717) is 0 Å². The maximum Gasteiger partial charge on any atom is 0.0233 e. The van der Waals surface area contributed by atoms with E-state index in [1.807, 2.05) is 0 Å². The number of benzene rings is 1. The van der Waals surface area contributed by atoms with Gasteiger partial charge < -0.3 is 5.32 Å². The van der Waals surface area contributed by atoms with Gasteiger partial charge in [-0.1, -0.05) is 43.2 Å². The summed E-state index contributed by atoms with van der Waals surface area (Å²) in [4.78, 5) is 2.61. The van der Waals surface area contributed by atoms with Gasteiger partial charge in [0.15, 0.2) is 0 Å². The van der Waals surface area contributed by atoms with Crippen LogP contribution in [0, 0.1) is 5.92 Å². The molecular formula is C17H26N2. The van der Waals surface area contributed by atoms with Crippen molar-refractivity contribution in [2.24, 2.45) is 5.92 Å². The topological polar surface area (TPSA) is 15.3 Å². The molecule has 1 aromatic rings. The molecule has 1 N–H and O–H groups in total. The minimum absolute atomic E-state index is 0.822. The van der Waals surface area contributed by atoms with E-state index >= 15 is 0 Å². The van der Waals surface area contributed by atoms with Crippen LogP contribution in [0.1, 0.15) is 37.7 Å². The Kier molecular flexibility index (Phi) is 4.52. The predicted molar refractivity (Wildman–Crippen MR) is 80.1 cm³/mol. The fourth-order valence-corrected chi connectivity index (χ4v) is 3.53. The summed E-state index contributed by atoms with van der Waals surface area (Å²) in [6, 6.07) is 11.7. The molecule has 1 aliphatic carbocycles. The molecule has 1 aliphatic heterocycles. The number of likely N-dealkylation sites (tertiary alicyclic amines) is 1. The van der Waals surface area contributed by atoms with Crippen LogP contribution in [-0.4, -0.2) is 30.6 Å². The van der Waals surface area contributed by atoms with Crippen LogP contribution in [0.15, 0.2) is 30.3 Å². The second kappa shape index (κ2) is 6.53. The zero-order valence-corrected chi connectivity index (χ0v) is 11.9. The normalized spacial score (nSPS) is 25.2. The fraction of sp³-hybridized carbons (Fsp3) is 0.647. The molecule has 2 fully saturated rings. The van der Waals surface area contributed by atoms with E-state index in [4.69, 9.17) is 0 Å². The summed E-state index contributed by atoms with van der Waals surface area (Å²) < 4.78 is 0. The molecule has 1 heterocycles. The fourth-order valence-electron chi connectivity index (χ4n) is 3.53. The molecule has 19 heavy (non-hydrogen) atoms. The van der Waals surface area contributed by atoms with Crippen molar-refractivity contribution in [1.29, 1.82) is 0 Å². The second-order valence-corrected chi connectivity index (χ2v) is 6.27. The monoisotopic (exact) mass is 258 g/mol. The molecule has 0 amide bonds. The van der Waals surface area contributed by atoms with E-state index in [0.717, 1.165) is 18.5 Å². The number of hydrogen-bond acceptors (Lipinski definition) is 2. The molecular weight excluding hydrogens is 232 g/mol. The second-order valence-electron chi connectivity index (χ2n) is 6.27. The van der Waals surface area contributed by atoms with Crippen LogP contribution in [0.4, 0.5) is 0 Å². The highest BCUT2D eigenvalue weighted by atomic mass is 15.1. The molecule has 0 aromatic heterocycles. The van der Waals surface area contributed by atoms with Crippen molar-refractivity contribution in [2.75, 3.05) is 19.6 Å². The van der Waals surface area contributed by atoms with Gasteiger partial charge in [-0.3, -0.25) is 4.90 Å². The summed E-state index contributed by atoms with van der Waals surface area (Å²) in [5.41, 5.74) is 1.45. The molecule has 3 rings (SSSR count). The standard InChI is InChI=1S/C17H26N2/c1-2-6-15(7-3-1)13-19-11-10-16(14-19)12-18-17-8-4-5-9-17/h1-3,6-7,16-18H,4-5,8-14H2. The van der Waals surface area contributed by atoms with Crippen LogP contribution in [0.25, 0.3) is 0 Å². The van der Waals surface area contributed by atoms with Gasteiger partial charge in [-0.15, -0.1) is 0 Å². The molecule has 0 radical (unpaired) electrons. The van der Waals surface area contributed by atoms with Crippen LogP contribution >= 0.6 is 0 Å². The summed E-state index contributed by atoms with van der Waals surface area (Å²) in [6.45, 7) is 4.90. The van der Waals surface area contributed by atoms with Crippen molar-refractivity contribution in [2.45, 2.75) is 44.7 Å². The third-order valence-corrected chi connectivity index (χ3v) is 4.67. The van der Waals surface area contributed by atoms with Crippen LogP contribution < -0.4 is 5.32 Å². The Morgan fingerprint density at radius 1 is 1.05 bits per heavy atom. The summed E-state index contributed by atoms with van der Waals surface area (Å²) in [7, 11) is 0. The molecule has 2 nitrogen and oxygen atoms in total. The summed E-state index contributed by atoms with van der Waals surface area (Å²) >= 11 is 0. The van der Waals surface area contributed by atoms with Gasteiger partial charge in [0.1, 0.15) is 0 Å². The number of rotatable bonds is 5. The molecule has 2 aliphatic rings. The first-order valence-electron chi connectivity index (χ1n) is 7.90. The Morgan fingerprint density at radius 3 is 2.63 bits per heavy atom. The quantitative estimate of drug-likeness (QED) is 0.873. The van der Waals surface area contributed by atoms with Crippen LogP contribution in [0.2, 0.25) is 0 Å². The van der Waals surface area contributed by atoms with Crippen LogP contribution in [0.5, 0.6) is 0 Å². The summed E-state index contributed by atoms with van der Waals surface area (Å²) in [5, 5.41) is 3.78. The van der Waals surface area contributed by atoms with E-state index < -0.39 is 0 Å². The third kappa shape index (κ3) is 3.80. The molecule has 1 atom stereocenters. The molecule has 104 valence electrons. The first-order valence-corrected chi connectivity index (χ1v) is 7.90. The number of nitrogens with one attached hydrogen (secondary N) is 1. The lowest BCUT2D eigenvalue weighted by Crippen LogP contribution is -2.32. The average Bonchev–Trinajstić information content (AvgIpc) is 3.09. The highest BCUT2D eigenvalue weighted by Crippen LogP contribution is 2.21. The maximum absolute atomic E-state index is 3.78. The molecule has 1 saturated heterocycles. The Balaban J connectivity index is 1.40.